The van der Waals surface area contributed by atoms with E-state index in [2.05, 4.69) is 15.1 Å². The summed E-state index contributed by atoms with van der Waals surface area (Å²) in [5.74, 6) is -0.214. The fraction of sp³-hybridized carbons (Fsp3) is 0.200. The topological polar surface area (TPSA) is 93.1 Å². The molecular formula is C20H22N4O3S. The van der Waals surface area contributed by atoms with Crippen molar-refractivity contribution in [2.45, 2.75) is 32.2 Å². The minimum absolute atomic E-state index is 0.119. The van der Waals surface area contributed by atoms with Crippen LogP contribution in [0.5, 0.6) is 0 Å². The molecule has 1 aromatic heterocycles. The zero-order valence-corrected chi connectivity index (χ0v) is 16.7. The predicted molar refractivity (Wildman–Crippen MR) is 109 cm³/mol. The van der Waals surface area contributed by atoms with Gasteiger partial charge < -0.3 is 5.32 Å². The van der Waals surface area contributed by atoms with E-state index in [9.17, 15) is 13.2 Å². The Morgan fingerprint density at radius 2 is 1.61 bits per heavy atom. The molecule has 0 bridgehead atoms. The maximum atomic E-state index is 12.5. The molecule has 0 atom stereocenters. The molecule has 2 aromatic carbocycles. The number of aryl methyl sites for hydroxylation is 2. The van der Waals surface area contributed by atoms with Crippen LogP contribution in [0.2, 0.25) is 0 Å². The SMILES string of the molecule is CC(=O)Nc1ccc(S(=O)(=O)Nc2ccc(Cn3nc(C)cc3C)cc2)cc1. The molecule has 146 valence electrons. The number of anilines is 2. The van der Waals surface area contributed by atoms with Gasteiger partial charge in [-0.1, -0.05) is 12.1 Å². The van der Waals surface area contributed by atoms with Gasteiger partial charge in [0, 0.05) is 24.0 Å². The van der Waals surface area contributed by atoms with Crippen LogP contribution in [0.4, 0.5) is 11.4 Å². The molecule has 3 rings (SSSR count). The number of carbonyl (C=O) groups excluding carboxylic acids is 1. The summed E-state index contributed by atoms with van der Waals surface area (Å²) in [4.78, 5) is 11.2. The number of nitrogens with one attached hydrogen (secondary N) is 2. The molecule has 0 aliphatic heterocycles. The summed E-state index contributed by atoms with van der Waals surface area (Å²) in [6.07, 6.45) is 0. The lowest BCUT2D eigenvalue weighted by Crippen LogP contribution is -2.13. The Labute approximate surface area is 164 Å². The van der Waals surface area contributed by atoms with Gasteiger partial charge in [0.1, 0.15) is 0 Å². The van der Waals surface area contributed by atoms with E-state index in [1.54, 1.807) is 24.3 Å². The monoisotopic (exact) mass is 398 g/mol. The largest absolute Gasteiger partial charge is 0.326 e. The third-order valence-electron chi connectivity index (χ3n) is 4.13. The van der Waals surface area contributed by atoms with Gasteiger partial charge in [-0.15, -0.1) is 0 Å². The number of sulfonamides is 1. The van der Waals surface area contributed by atoms with Crippen molar-refractivity contribution >= 4 is 27.3 Å². The highest BCUT2D eigenvalue weighted by atomic mass is 32.2. The molecule has 0 spiro atoms. The normalized spacial score (nSPS) is 11.2. The first-order valence-electron chi connectivity index (χ1n) is 8.73. The quantitative estimate of drug-likeness (QED) is 0.666. The lowest BCUT2D eigenvalue weighted by molar-refractivity contribution is -0.114. The molecule has 0 radical (unpaired) electrons. The van der Waals surface area contributed by atoms with Gasteiger partial charge in [0.25, 0.3) is 10.0 Å². The van der Waals surface area contributed by atoms with Crippen LogP contribution in [0.25, 0.3) is 0 Å². The molecule has 28 heavy (non-hydrogen) atoms. The van der Waals surface area contributed by atoms with Crippen molar-refractivity contribution in [1.82, 2.24) is 9.78 Å². The zero-order chi connectivity index (χ0) is 20.3. The molecule has 3 aromatic rings. The molecule has 0 saturated carbocycles. The smallest absolute Gasteiger partial charge is 0.261 e. The summed E-state index contributed by atoms with van der Waals surface area (Å²) in [5, 5.41) is 7.03. The summed E-state index contributed by atoms with van der Waals surface area (Å²) in [7, 11) is -3.71. The number of hydrogen-bond acceptors (Lipinski definition) is 4. The van der Waals surface area contributed by atoms with Gasteiger partial charge >= 0.3 is 0 Å². The van der Waals surface area contributed by atoms with Gasteiger partial charge in [-0.2, -0.15) is 5.10 Å². The Morgan fingerprint density at radius 3 is 2.14 bits per heavy atom. The van der Waals surface area contributed by atoms with Crippen LogP contribution < -0.4 is 10.0 Å². The highest BCUT2D eigenvalue weighted by Crippen LogP contribution is 2.19. The molecule has 8 heteroatoms. The van der Waals surface area contributed by atoms with Gasteiger partial charge in [0.15, 0.2) is 0 Å². The maximum Gasteiger partial charge on any atom is 0.261 e. The fourth-order valence-electron chi connectivity index (χ4n) is 2.82. The number of hydrogen-bond donors (Lipinski definition) is 2. The van der Waals surface area contributed by atoms with Crippen molar-refractivity contribution in [3.05, 3.63) is 71.5 Å². The summed E-state index contributed by atoms with van der Waals surface area (Å²) in [6, 6.07) is 15.2. The second kappa shape index (κ2) is 7.85. The summed E-state index contributed by atoms with van der Waals surface area (Å²) < 4.78 is 29.6. The van der Waals surface area contributed by atoms with Crippen LogP contribution >= 0.6 is 0 Å². The van der Waals surface area contributed by atoms with Gasteiger partial charge in [-0.3, -0.25) is 14.2 Å². The van der Waals surface area contributed by atoms with Crippen molar-refractivity contribution in [2.24, 2.45) is 0 Å². The number of amides is 1. The standard InChI is InChI=1S/C20H22N4O3S/c1-14-12-15(2)24(22-14)13-17-4-6-19(7-5-17)23-28(26,27)20-10-8-18(9-11-20)21-16(3)25/h4-12,23H,13H2,1-3H3,(H,21,25). The summed E-state index contributed by atoms with van der Waals surface area (Å²) in [6.45, 7) is 5.96. The lowest BCUT2D eigenvalue weighted by atomic mass is 10.2. The van der Waals surface area contributed by atoms with E-state index in [1.165, 1.54) is 19.1 Å². The van der Waals surface area contributed by atoms with E-state index in [-0.39, 0.29) is 10.8 Å². The van der Waals surface area contributed by atoms with Crippen molar-refractivity contribution in [2.75, 3.05) is 10.0 Å². The Morgan fingerprint density at radius 1 is 1.00 bits per heavy atom. The first-order valence-corrected chi connectivity index (χ1v) is 10.2. The highest BCUT2D eigenvalue weighted by Gasteiger charge is 2.14. The molecule has 2 N–H and O–H groups in total. The second-order valence-electron chi connectivity index (χ2n) is 6.59. The first kappa shape index (κ1) is 19.6. The molecular weight excluding hydrogens is 376 g/mol. The van der Waals surface area contributed by atoms with E-state index in [1.807, 2.05) is 36.7 Å². The number of carbonyl (C=O) groups is 1. The van der Waals surface area contributed by atoms with Crippen LogP contribution in [0.1, 0.15) is 23.9 Å². The van der Waals surface area contributed by atoms with E-state index in [4.69, 9.17) is 0 Å². The van der Waals surface area contributed by atoms with Gasteiger partial charge in [0.2, 0.25) is 5.91 Å². The molecule has 0 saturated heterocycles. The number of benzene rings is 2. The number of nitrogens with zero attached hydrogens (tertiary/aromatic N) is 2. The molecule has 0 unspecified atom stereocenters. The van der Waals surface area contributed by atoms with Crippen LogP contribution in [-0.2, 0) is 21.4 Å². The van der Waals surface area contributed by atoms with Crippen molar-refractivity contribution in [3.63, 3.8) is 0 Å². The van der Waals surface area contributed by atoms with Gasteiger partial charge in [-0.05, 0) is 61.9 Å². The molecule has 0 aliphatic carbocycles. The van der Waals surface area contributed by atoms with E-state index >= 15 is 0 Å². The Balaban J connectivity index is 1.70. The van der Waals surface area contributed by atoms with Crippen LogP contribution in [0, 0.1) is 13.8 Å². The third-order valence-corrected chi connectivity index (χ3v) is 5.52. The second-order valence-corrected chi connectivity index (χ2v) is 8.28. The highest BCUT2D eigenvalue weighted by molar-refractivity contribution is 7.92. The van der Waals surface area contributed by atoms with Crippen LogP contribution in [0.15, 0.2) is 59.5 Å². The first-order chi connectivity index (χ1) is 13.2. The van der Waals surface area contributed by atoms with Gasteiger partial charge in [-0.25, -0.2) is 8.42 Å². The zero-order valence-electron chi connectivity index (χ0n) is 15.9. The average Bonchev–Trinajstić information content (AvgIpc) is 2.93. The average molecular weight is 398 g/mol. The molecule has 0 fully saturated rings. The minimum atomic E-state index is -3.71. The molecule has 1 heterocycles. The van der Waals surface area contributed by atoms with Crippen LogP contribution in [-0.4, -0.2) is 24.1 Å². The van der Waals surface area contributed by atoms with Crippen molar-refractivity contribution in [3.8, 4) is 0 Å². The molecule has 7 nitrogen and oxygen atoms in total. The minimum Gasteiger partial charge on any atom is -0.326 e. The van der Waals surface area contributed by atoms with Gasteiger partial charge in [0.05, 0.1) is 17.1 Å². The number of aromatic nitrogens is 2. The van der Waals surface area contributed by atoms with E-state index < -0.39 is 10.0 Å². The third kappa shape index (κ3) is 4.77. The Hall–Kier alpha value is -3.13. The maximum absolute atomic E-state index is 12.5. The Bertz CT molecular complexity index is 1090. The summed E-state index contributed by atoms with van der Waals surface area (Å²) in [5.41, 5.74) is 4.08. The Kier molecular flexibility index (Phi) is 5.51. The number of rotatable bonds is 6. The summed E-state index contributed by atoms with van der Waals surface area (Å²) >= 11 is 0. The van der Waals surface area contributed by atoms with Crippen LogP contribution in [0.3, 0.4) is 0 Å². The van der Waals surface area contributed by atoms with Crippen molar-refractivity contribution < 1.29 is 13.2 Å². The van der Waals surface area contributed by atoms with Crippen molar-refractivity contribution in [1.29, 1.82) is 0 Å². The van der Waals surface area contributed by atoms with E-state index in [0.29, 0.717) is 17.9 Å². The molecule has 0 aliphatic rings. The van der Waals surface area contributed by atoms with E-state index in [0.717, 1.165) is 17.0 Å². The fourth-order valence-corrected chi connectivity index (χ4v) is 3.88. The molecule has 1 amide bonds. The predicted octanol–water partition coefficient (Wildman–Crippen LogP) is 3.31. The lowest BCUT2D eigenvalue weighted by Gasteiger charge is -2.10.